The summed E-state index contributed by atoms with van der Waals surface area (Å²) in [5.74, 6) is 0.268. The minimum atomic E-state index is -0.635. The molecule has 1 amide bonds. The van der Waals surface area contributed by atoms with E-state index in [-0.39, 0.29) is 23.0 Å². The molecule has 2 heterocycles. The van der Waals surface area contributed by atoms with Crippen LogP contribution < -0.4 is 14.8 Å². The Kier molecular flexibility index (Phi) is 6.65. The number of aromatic nitrogens is 2. The molecular weight excluding hydrogens is 433 g/mol. The standard InChI is InChI=1S/C23H20FN3O6/c1-29-10-11-31-15-6-8-19(30-2)16(13-15)21(28)25-18-12-14(5-7-17(18)24)22-26-27-23(33-22)20-4-3-9-32-20/h3-9,12-13H,10-11H2,1-2H3,(H,25,28). The summed E-state index contributed by atoms with van der Waals surface area (Å²) < 4.78 is 41.1. The molecule has 4 rings (SSSR count). The minimum absolute atomic E-state index is 0.0667. The number of halogens is 1. The Bertz CT molecular complexity index is 1240. The zero-order valence-corrected chi connectivity index (χ0v) is 17.8. The van der Waals surface area contributed by atoms with Gasteiger partial charge in [-0.05, 0) is 48.5 Å². The molecule has 10 heteroatoms. The molecule has 170 valence electrons. The Hall–Kier alpha value is -4.18. The number of methoxy groups -OCH3 is 2. The Morgan fingerprint density at radius 3 is 2.67 bits per heavy atom. The molecule has 9 nitrogen and oxygen atoms in total. The van der Waals surface area contributed by atoms with Gasteiger partial charge in [0.1, 0.15) is 23.9 Å². The predicted molar refractivity (Wildman–Crippen MR) is 116 cm³/mol. The summed E-state index contributed by atoms with van der Waals surface area (Å²) in [5.41, 5.74) is 0.527. The first-order valence-corrected chi connectivity index (χ1v) is 9.87. The van der Waals surface area contributed by atoms with Gasteiger partial charge in [0.05, 0.1) is 31.2 Å². The molecule has 0 radical (unpaired) electrons. The maximum absolute atomic E-state index is 14.5. The number of carbonyl (C=O) groups is 1. The summed E-state index contributed by atoms with van der Waals surface area (Å²) in [6.07, 6.45) is 1.48. The second kappa shape index (κ2) is 9.96. The van der Waals surface area contributed by atoms with Crippen LogP contribution in [0, 0.1) is 5.82 Å². The molecule has 0 fully saturated rings. The van der Waals surface area contributed by atoms with Gasteiger partial charge < -0.3 is 28.4 Å². The van der Waals surface area contributed by atoms with Crippen molar-refractivity contribution in [2.45, 2.75) is 0 Å². The van der Waals surface area contributed by atoms with E-state index in [0.717, 1.165) is 0 Å². The van der Waals surface area contributed by atoms with Crippen molar-refractivity contribution in [3.8, 4) is 34.6 Å². The number of amides is 1. The van der Waals surface area contributed by atoms with Gasteiger partial charge in [-0.1, -0.05) is 0 Å². The number of benzene rings is 2. The van der Waals surface area contributed by atoms with Crippen LogP contribution >= 0.6 is 0 Å². The Labute approximate surface area is 188 Å². The molecule has 0 aliphatic rings. The summed E-state index contributed by atoms with van der Waals surface area (Å²) in [6.45, 7) is 0.702. The Morgan fingerprint density at radius 2 is 1.91 bits per heavy atom. The zero-order chi connectivity index (χ0) is 23.2. The van der Waals surface area contributed by atoms with Crippen LogP contribution in [0.25, 0.3) is 23.1 Å². The first kappa shape index (κ1) is 22.0. The number of rotatable bonds is 9. The molecule has 2 aromatic carbocycles. The molecule has 33 heavy (non-hydrogen) atoms. The van der Waals surface area contributed by atoms with Crippen LogP contribution in [0.4, 0.5) is 10.1 Å². The van der Waals surface area contributed by atoms with E-state index in [2.05, 4.69) is 15.5 Å². The highest BCUT2D eigenvalue weighted by Crippen LogP contribution is 2.29. The highest BCUT2D eigenvalue weighted by Gasteiger charge is 2.18. The monoisotopic (exact) mass is 453 g/mol. The number of hydrogen-bond acceptors (Lipinski definition) is 8. The fourth-order valence-electron chi connectivity index (χ4n) is 2.98. The molecule has 0 spiro atoms. The molecule has 0 unspecified atom stereocenters. The summed E-state index contributed by atoms with van der Waals surface area (Å²) in [4.78, 5) is 12.9. The molecule has 0 bridgehead atoms. The van der Waals surface area contributed by atoms with Crippen LogP contribution in [-0.2, 0) is 4.74 Å². The molecule has 0 aliphatic heterocycles. The highest BCUT2D eigenvalue weighted by atomic mass is 19.1. The fraction of sp³-hybridized carbons (Fsp3) is 0.174. The lowest BCUT2D eigenvalue weighted by atomic mass is 10.1. The molecule has 0 atom stereocenters. The number of carbonyl (C=O) groups excluding carboxylic acids is 1. The van der Waals surface area contributed by atoms with E-state index in [4.69, 9.17) is 23.0 Å². The van der Waals surface area contributed by atoms with Gasteiger partial charge >= 0.3 is 0 Å². The third-order valence-corrected chi connectivity index (χ3v) is 4.59. The third-order valence-electron chi connectivity index (χ3n) is 4.59. The number of anilines is 1. The lowest BCUT2D eigenvalue weighted by Crippen LogP contribution is -2.15. The first-order valence-electron chi connectivity index (χ1n) is 9.87. The van der Waals surface area contributed by atoms with Crippen LogP contribution in [0.3, 0.4) is 0 Å². The molecule has 2 aromatic heterocycles. The first-order chi connectivity index (χ1) is 16.1. The second-order valence-corrected chi connectivity index (χ2v) is 6.74. The smallest absolute Gasteiger partial charge is 0.283 e. The van der Waals surface area contributed by atoms with Crippen molar-refractivity contribution in [2.24, 2.45) is 0 Å². The number of nitrogens with zero attached hydrogens (tertiary/aromatic N) is 2. The van der Waals surface area contributed by atoms with Crippen LogP contribution in [0.5, 0.6) is 11.5 Å². The second-order valence-electron chi connectivity index (χ2n) is 6.74. The Morgan fingerprint density at radius 1 is 1.06 bits per heavy atom. The van der Waals surface area contributed by atoms with Crippen LogP contribution in [0.1, 0.15) is 10.4 Å². The van der Waals surface area contributed by atoms with E-state index in [1.54, 1.807) is 31.4 Å². The molecule has 1 N–H and O–H groups in total. The average Bonchev–Trinajstić information content (AvgIpc) is 3.53. The quantitative estimate of drug-likeness (QED) is 0.371. The van der Waals surface area contributed by atoms with Crippen molar-refractivity contribution in [2.75, 3.05) is 32.8 Å². The SMILES string of the molecule is COCCOc1ccc(OC)c(C(=O)Nc2cc(-c3nnc(-c4ccco4)o3)ccc2F)c1. The molecular formula is C23H20FN3O6. The molecule has 0 saturated heterocycles. The van der Waals surface area contributed by atoms with Gasteiger partial charge in [0.15, 0.2) is 5.76 Å². The summed E-state index contributed by atoms with van der Waals surface area (Å²) in [5, 5.41) is 10.5. The molecule has 0 aliphatic carbocycles. The highest BCUT2D eigenvalue weighted by molar-refractivity contribution is 6.06. The topological polar surface area (TPSA) is 109 Å². The van der Waals surface area contributed by atoms with Gasteiger partial charge in [0, 0.05) is 12.7 Å². The Balaban J connectivity index is 1.57. The van der Waals surface area contributed by atoms with Gasteiger partial charge in [-0.15, -0.1) is 10.2 Å². The zero-order valence-electron chi connectivity index (χ0n) is 17.8. The maximum Gasteiger partial charge on any atom is 0.283 e. The van der Waals surface area contributed by atoms with Gasteiger partial charge in [0.25, 0.3) is 11.8 Å². The lowest BCUT2D eigenvalue weighted by molar-refractivity contribution is 0.102. The minimum Gasteiger partial charge on any atom is -0.496 e. The van der Waals surface area contributed by atoms with Gasteiger partial charge in [0.2, 0.25) is 5.89 Å². The maximum atomic E-state index is 14.5. The summed E-state index contributed by atoms with van der Waals surface area (Å²) >= 11 is 0. The fourth-order valence-corrected chi connectivity index (χ4v) is 2.98. The summed E-state index contributed by atoms with van der Waals surface area (Å²) in [7, 11) is 3.00. The van der Waals surface area contributed by atoms with E-state index < -0.39 is 11.7 Å². The van der Waals surface area contributed by atoms with Crippen molar-refractivity contribution in [3.63, 3.8) is 0 Å². The van der Waals surface area contributed by atoms with Crippen LogP contribution in [-0.4, -0.2) is 43.5 Å². The van der Waals surface area contributed by atoms with Crippen molar-refractivity contribution in [3.05, 3.63) is 66.2 Å². The molecule has 4 aromatic rings. The van der Waals surface area contributed by atoms with E-state index in [1.165, 1.54) is 37.6 Å². The van der Waals surface area contributed by atoms with Crippen molar-refractivity contribution in [1.82, 2.24) is 10.2 Å². The largest absolute Gasteiger partial charge is 0.496 e. The van der Waals surface area contributed by atoms with Crippen molar-refractivity contribution < 1.29 is 32.2 Å². The number of ether oxygens (including phenoxy) is 3. The van der Waals surface area contributed by atoms with Crippen LogP contribution in [0.2, 0.25) is 0 Å². The van der Waals surface area contributed by atoms with Gasteiger partial charge in [-0.2, -0.15) is 0 Å². The van der Waals surface area contributed by atoms with E-state index in [9.17, 15) is 9.18 Å². The lowest BCUT2D eigenvalue weighted by Gasteiger charge is -2.13. The average molecular weight is 453 g/mol. The normalized spacial score (nSPS) is 10.8. The van der Waals surface area contributed by atoms with Crippen molar-refractivity contribution in [1.29, 1.82) is 0 Å². The van der Waals surface area contributed by atoms with Gasteiger partial charge in [-0.3, -0.25) is 4.79 Å². The third kappa shape index (κ3) is 5.01. The van der Waals surface area contributed by atoms with E-state index in [0.29, 0.717) is 36.0 Å². The summed E-state index contributed by atoms with van der Waals surface area (Å²) in [6, 6.07) is 12.2. The van der Waals surface area contributed by atoms with E-state index >= 15 is 0 Å². The van der Waals surface area contributed by atoms with Gasteiger partial charge in [-0.25, -0.2) is 4.39 Å². The van der Waals surface area contributed by atoms with E-state index in [1.807, 2.05) is 0 Å². The van der Waals surface area contributed by atoms with Crippen LogP contribution in [0.15, 0.2) is 63.6 Å². The number of hydrogen-bond donors (Lipinski definition) is 1. The number of furan rings is 1. The number of nitrogens with one attached hydrogen (secondary N) is 1. The molecule has 0 saturated carbocycles. The predicted octanol–water partition coefficient (Wildman–Crippen LogP) is 4.42. The van der Waals surface area contributed by atoms with Crippen molar-refractivity contribution >= 4 is 11.6 Å².